The molecule has 100 valence electrons. The van der Waals surface area contributed by atoms with E-state index in [1.54, 1.807) is 12.4 Å². The highest BCUT2D eigenvalue weighted by Gasteiger charge is 2.28. The van der Waals surface area contributed by atoms with Gasteiger partial charge in [-0.15, -0.1) is 0 Å². The molecule has 1 aliphatic rings. The Morgan fingerprint density at radius 3 is 2.84 bits per heavy atom. The molecule has 0 radical (unpaired) electrons. The Kier molecular flexibility index (Phi) is 3.31. The standard InChI is InChI=1S/C13H17N5O/c19-13(9-10-4-6-14-16-10)18-8-2-1-3-12(18)11-5-7-15-17-11/h4-7,12H,1-3,8-9H2,(H,14,16)(H,15,17). The van der Waals surface area contributed by atoms with Gasteiger partial charge in [-0.1, -0.05) is 0 Å². The van der Waals surface area contributed by atoms with Gasteiger partial charge in [-0.3, -0.25) is 15.0 Å². The van der Waals surface area contributed by atoms with E-state index >= 15 is 0 Å². The van der Waals surface area contributed by atoms with Gasteiger partial charge in [0.2, 0.25) is 5.91 Å². The zero-order chi connectivity index (χ0) is 13.1. The van der Waals surface area contributed by atoms with E-state index in [0.717, 1.165) is 37.2 Å². The lowest BCUT2D eigenvalue weighted by Crippen LogP contribution is -2.39. The molecule has 1 atom stereocenters. The minimum atomic E-state index is 0.131. The maximum absolute atomic E-state index is 12.4. The van der Waals surface area contributed by atoms with Gasteiger partial charge >= 0.3 is 0 Å². The smallest absolute Gasteiger partial charge is 0.229 e. The molecule has 3 rings (SSSR count). The predicted octanol–water partition coefficient (Wildman–Crippen LogP) is 1.43. The number of hydrogen-bond acceptors (Lipinski definition) is 3. The first-order chi connectivity index (χ1) is 9.34. The van der Waals surface area contributed by atoms with E-state index in [4.69, 9.17) is 0 Å². The second-order valence-electron chi connectivity index (χ2n) is 4.87. The van der Waals surface area contributed by atoms with Crippen LogP contribution in [0.4, 0.5) is 0 Å². The lowest BCUT2D eigenvalue weighted by Gasteiger charge is -2.35. The van der Waals surface area contributed by atoms with Gasteiger partial charge < -0.3 is 4.90 Å². The number of likely N-dealkylation sites (tertiary alicyclic amines) is 1. The number of carbonyl (C=O) groups is 1. The fraction of sp³-hybridized carbons (Fsp3) is 0.462. The summed E-state index contributed by atoms with van der Waals surface area (Å²) in [6.07, 6.45) is 7.01. The monoisotopic (exact) mass is 259 g/mol. The van der Waals surface area contributed by atoms with Gasteiger partial charge in [0.1, 0.15) is 0 Å². The van der Waals surface area contributed by atoms with Crippen LogP contribution in [0.2, 0.25) is 0 Å². The number of piperidine rings is 1. The molecule has 0 spiro atoms. The molecule has 2 aromatic heterocycles. The van der Waals surface area contributed by atoms with E-state index in [9.17, 15) is 4.79 Å². The Bertz CT molecular complexity index is 519. The van der Waals surface area contributed by atoms with Crippen LogP contribution < -0.4 is 0 Å². The first-order valence-electron chi connectivity index (χ1n) is 6.61. The molecule has 3 heterocycles. The highest BCUT2D eigenvalue weighted by molar-refractivity contribution is 5.78. The summed E-state index contributed by atoms with van der Waals surface area (Å²) >= 11 is 0. The second-order valence-corrected chi connectivity index (χ2v) is 4.87. The van der Waals surface area contributed by atoms with Gasteiger partial charge in [0.25, 0.3) is 0 Å². The highest BCUT2D eigenvalue weighted by atomic mass is 16.2. The Labute approximate surface area is 111 Å². The molecule has 0 aromatic carbocycles. The van der Waals surface area contributed by atoms with Crippen molar-refractivity contribution in [3.05, 3.63) is 35.9 Å². The largest absolute Gasteiger partial charge is 0.334 e. The summed E-state index contributed by atoms with van der Waals surface area (Å²) in [5.41, 5.74) is 1.89. The van der Waals surface area contributed by atoms with Crippen molar-refractivity contribution in [1.29, 1.82) is 0 Å². The van der Waals surface area contributed by atoms with Crippen LogP contribution in [0, 0.1) is 0 Å². The third-order valence-corrected chi connectivity index (χ3v) is 3.60. The molecule has 1 saturated heterocycles. The van der Waals surface area contributed by atoms with Gasteiger partial charge in [0.05, 0.1) is 18.2 Å². The highest BCUT2D eigenvalue weighted by Crippen LogP contribution is 2.29. The van der Waals surface area contributed by atoms with Gasteiger partial charge in [-0.25, -0.2) is 0 Å². The SMILES string of the molecule is O=C(Cc1ccn[nH]1)N1CCCCC1c1ccn[nH]1. The Hall–Kier alpha value is -2.11. The molecule has 6 heteroatoms. The number of carbonyl (C=O) groups excluding carboxylic acids is 1. The van der Waals surface area contributed by atoms with Gasteiger partial charge in [0.15, 0.2) is 0 Å². The maximum atomic E-state index is 12.4. The fourth-order valence-corrected chi connectivity index (χ4v) is 2.65. The van der Waals surface area contributed by atoms with Crippen LogP contribution >= 0.6 is 0 Å². The summed E-state index contributed by atoms with van der Waals surface area (Å²) in [6.45, 7) is 0.816. The summed E-state index contributed by atoms with van der Waals surface area (Å²) in [6, 6.07) is 3.92. The molecule has 1 fully saturated rings. The third kappa shape index (κ3) is 2.52. The number of amides is 1. The van der Waals surface area contributed by atoms with Crippen molar-refractivity contribution < 1.29 is 4.79 Å². The van der Waals surface area contributed by atoms with Crippen LogP contribution in [-0.2, 0) is 11.2 Å². The maximum Gasteiger partial charge on any atom is 0.229 e. The minimum Gasteiger partial charge on any atom is -0.334 e. The topological polar surface area (TPSA) is 77.7 Å². The summed E-state index contributed by atoms with van der Waals surface area (Å²) in [5, 5.41) is 13.7. The van der Waals surface area contributed by atoms with E-state index in [0.29, 0.717) is 6.42 Å². The predicted molar refractivity (Wildman–Crippen MR) is 69.2 cm³/mol. The number of aromatic nitrogens is 4. The van der Waals surface area contributed by atoms with Gasteiger partial charge in [-0.2, -0.15) is 10.2 Å². The van der Waals surface area contributed by atoms with Crippen molar-refractivity contribution in [2.75, 3.05) is 6.54 Å². The molecule has 1 aliphatic heterocycles. The quantitative estimate of drug-likeness (QED) is 0.875. The Morgan fingerprint density at radius 1 is 1.26 bits per heavy atom. The van der Waals surface area contributed by atoms with E-state index < -0.39 is 0 Å². The molecule has 1 amide bonds. The summed E-state index contributed by atoms with van der Waals surface area (Å²) < 4.78 is 0. The van der Waals surface area contributed by atoms with E-state index in [1.165, 1.54) is 0 Å². The summed E-state index contributed by atoms with van der Waals surface area (Å²) in [7, 11) is 0. The number of nitrogens with zero attached hydrogens (tertiary/aromatic N) is 3. The van der Waals surface area contributed by atoms with E-state index in [-0.39, 0.29) is 11.9 Å². The molecular weight excluding hydrogens is 242 g/mol. The number of rotatable bonds is 3. The molecule has 2 aromatic rings. The molecule has 0 saturated carbocycles. The molecule has 1 unspecified atom stereocenters. The van der Waals surface area contributed by atoms with Crippen LogP contribution in [0.3, 0.4) is 0 Å². The van der Waals surface area contributed by atoms with Gasteiger partial charge in [-0.05, 0) is 31.4 Å². The third-order valence-electron chi connectivity index (χ3n) is 3.60. The van der Waals surface area contributed by atoms with Crippen molar-refractivity contribution in [2.45, 2.75) is 31.7 Å². The van der Waals surface area contributed by atoms with Crippen LogP contribution in [0.5, 0.6) is 0 Å². The first kappa shape index (κ1) is 12.0. The summed E-state index contributed by atoms with van der Waals surface area (Å²) in [5.74, 6) is 0.142. The minimum absolute atomic E-state index is 0.131. The van der Waals surface area contributed by atoms with Crippen molar-refractivity contribution >= 4 is 5.91 Å². The van der Waals surface area contributed by atoms with Crippen LogP contribution in [-0.4, -0.2) is 37.7 Å². The lowest BCUT2D eigenvalue weighted by atomic mass is 9.99. The Balaban J connectivity index is 1.75. The number of aromatic amines is 2. The van der Waals surface area contributed by atoms with E-state index in [1.807, 2.05) is 17.0 Å². The lowest BCUT2D eigenvalue weighted by molar-refractivity contribution is -0.134. The van der Waals surface area contributed by atoms with Crippen LogP contribution in [0.15, 0.2) is 24.5 Å². The molecule has 6 nitrogen and oxygen atoms in total. The fourth-order valence-electron chi connectivity index (χ4n) is 2.65. The van der Waals surface area contributed by atoms with Crippen LogP contribution in [0.25, 0.3) is 0 Å². The Morgan fingerprint density at radius 2 is 2.11 bits per heavy atom. The molecule has 2 N–H and O–H groups in total. The molecule has 0 aliphatic carbocycles. The average Bonchev–Trinajstić information content (AvgIpc) is 3.11. The summed E-state index contributed by atoms with van der Waals surface area (Å²) in [4.78, 5) is 14.4. The number of nitrogens with one attached hydrogen (secondary N) is 2. The molecule has 19 heavy (non-hydrogen) atoms. The normalized spacial score (nSPS) is 19.6. The van der Waals surface area contributed by atoms with Gasteiger partial charge in [0, 0.05) is 24.6 Å². The zero-order valence-electron chi connectivity index (χ0n) is 10.7. The number of H-pyrrole nitrogens is 2. The first-order valence-corrected chi connectivity index (χ1v) is 6.61. The van der Waals surface area contributed by atoms with Crippen molar-refractivity contribution in [3.8, 4) is 0 Å². The van der Waals surface area contributed by atoms with Crippen molar-refractivity contribution in [3.63, 3.8) is 0 Å². The molecular formula is C13H17N5O. The molecule has 0 bridgehead atoms. The second kappa shape index (κ2) is 5.26. The number of hydrogen-bond donors (Lipinski definition) is 2. The average molecular weight is 259 g/mol. The zero-order valence-corrected chi connectivity index (χ0v) is 10.7. The van der Waals surface area contributed by atoms with E-state index in [2.05, 4.69) is 20.4 Å². The van der Waals surface area contributed by atoms with Crippen molar-refractivity contribution in [2.24, 2.45) is 0 Å². The van der Waals surface area contributed by atoms with Crippen LogP contribution in [0.1, 0.15) is 36.7 Å². The van der Waals surface area contributed by atoms with Crippen molar-refractivity contribution in [1.82, 2.24) is 25.3 Å².